The van der Waals surface area contributed by atoms with Gasteiger partial charge in [-0.3, -0.25) is 0 Å². The van der Waals surface area contributed by atoms with Crippen LogP contribution in [0.4, 0.5) is 0 Å². The number of rotatable bonds is 11. The molecule has 0 amide bonds. The first kappa shape index (κ1) is 48.7. The third-order valence-corrected chi connectivity index (χ3v) is 18.4. The lowest BCUT2D eigenvalue weighted by molar-refractivity contribution is -0.377. The standard InChI is InChI=1S/C45H76O18/c1-19(18-58-40-36(53)34(51)32(49)28(16-46)61-40)8-13-44(56)20(2)30-27(63-44)15-26-24-7-6-22-14-23(9-11-42(22,4)25(24)10-12-43(26,30)5)60-41-37(54)38(55)45(57,29(17-47)62-41)39-35(52)33(50)31(48)21(3)59-39/h19-41,46-57H,6-18H2,1-5H3/t19?,20-,21-,22-,23?,24+,25-,26-,27-,28+,29+,30-,31-,32+,33+,34-,35+,36+,37+,38+,39+,40+,41+,42-,43-,44+,45+/m0/s1. The van der Waals surface area contributed by atoms with Gasteiger partial charge in [-0.25, -0.2) is 0 Å². The minimum absolute atomic E-state index is 0.00614. The van der Waals surface area contributed by atoms with Crippen molar-refractivity contribution in [2.45, 2.75) is 208 Å². The van der Waals surface area contributed by atoms with E-state index in [4.69, 9.17) is 28.4 Å². The molecule has 0 radical (unpaired) electrons. The van der Waals surface area contributed by atoms with Crippen LogP contribution in [0.15, 0.2) is 0 Å². The molecule has 18 heteroatoms. The van der Waals surface area contributed by atoms with E-state index in [9.17, 15) is 61.3 Å². The molecule has 27 atom stereocenters. The van der Waals surface area contributed by atoms with Gasteiger partial charge >= 0.3 is 0 Å². The molecule has 4 aliphatic carbocycles. The quantitative estimate of drug-likeness (QED) is 0.107. The molecule has 0 aromatic rings. The van der Waals surface area contributed by atoms with Gasteiger partial charge in [0.25, 0.3) is 0 Å². The summed E-state index contributed by atoms with van der Waals surface area (Å²) >= 11 is 0. The highest BCUT2D eigenvalue weighted by molar-refractivity contribution is 5.16. The van der Waals surface area contributed by atoms with Crippen LogP contribution in [0.5, 0.6) is 0 Å². The first-order valence-corrected chi connectivity index (χ1v) is 23.7. The third-order valence-electron chi connectivity index (χ3n) is 18.4. The Labute approximate surface area is 369 Å². The zero-order valence-electron chi connectivity index (χ0n) is 37.3. The number of aliphatic hydroxyl groups is 12. The first-order chi connectivity index (χ1) is 29.6. The Morgan fingerprint density at radius 1 is 0.698 bits per heavy atom. The van der Waals surface area contributed by atoms with Crippen LogP contribution in [0.3, 0.4) is 0 Å². The van der Waals surface area contributed by atoms with E-state index < -0.39 is 110 Å². The zero-order valence-corrected chi connectivity index (χ0v) is 37.3. The topological polar surface area (TPSA) is 298 Å². The van der Waals surface area contributed by atoms with Crippen molar-refractivity contribution in [2.24, 2.45) is 52.3 Å². The van der Waals surface area contributed by atoms with E-state index in [0.29, 0.717) is 42.9 Å². The second-order valence-corrected chi connectivity index (χ2v) is 21.7. The summed E-state index contributed by atoms with van der Waals surface area (Å²) in [5.74, 6) is 0.571. The fraction of sp³-hybridized carbons (Fsp3) is 1.00. The zero-order chi connectivity index (χ0) is 45.7. The van der Waals surface area contributed by atoms with Crippen LogP contribution in [0.1, 0.15) is 98.8 Å². The molecule has 4 saturated carbocycles. The lowest BCUT2D eigenvalue weighted by atomic mass is 9.44. The molecular weight excluding hydrogens is 828 g/mol. The minimum Gasteiger partial charge on any atom is -0.394 e. The van der Waals surface area contributed by atoms with E-state index in [1.54, 1.807) is 0 Å². The molecule has 4 heterocycles. The van der Waals surface area contributed by atoms with E-state index in [-0.39, 0.29) is 47.4 Å². The fourth-order valence-electron chi connectivity index (χ4n) is 14.6. The second kappa shape index (κ2) is 18.0. The van der Waals surface area contributed by atoms with Crippen molar-refractivity contribution in [3.05, 3.63) is 0 Å². The minimum atomic E-state index is -2.54. The smallest absolute Gasteiger partial charge is 0.186 e. The summed E-state index contributed by atoms with van der Waals surface area (Å²) in [6, 6.07) is 0. The molecule has 18 nitrogen and oxygen atoms in total. The molecule has 4 aliphatic heterocycles. The molecule has 0 bridgehead atoms. The van der Waals surface area contributed by atoms with E-state index in [1.165, 1.54) is 6.92 Å². The number of hydrogen-bond acceptors (Lipinski definition) is 18. The average molecular weight is 905 g/mol. The summed E-state index contributed by atoms with van der Waals surface area (Å²) in [6.45, 7) is 9.18. The van der Waals surface area contributed by atoms with E-state index in [2.05, 4.69) is 20.8 Å². The predicted molar refractivity (Wildman–Crippen MR) is 218 cm³/mol. The molecule has 63 heavy (non-hydrogen) atoms. The monoisotopic (exact) mass is 905 g/mol. The Bertz CT molecular complexity index is 1570. The first-order valence-electron chi connectivity index (χ1n) is 23.7. The van der Waals surface area contributed by atoms with Crippen molar-refractivity contribution in [1.29, 1.82) is 0 Å². The Hall–Kier alpha value is -0.720. The lowest BCUT2D eigenvalue weighted by Gasteiger charge is -2.61. The maximum atomic E-state index is 12.0. The lowest BCUT2D eigenvalue weighted by Crippen LogP contribution is -2.77. The molecule has 0 spiro atoms. The van der Waals surface area contributed by atoms with Gasteiger partial charge in [-0.05, 0) is 111 Å². The van der Waals surface area contributed by atoms with Crippen LogP contribution < -0.4 is 0 Å². The molecule has 12 N–H and O–H groups in total. The van der Waals surface area contributed by atoms with E-state index in [1.807, 2.05) is 6.92 Å². The SMILES string of the molecule is CC(CC[C@@]1(O)O[C@H]2C[C@H]3[C@@H]4CC[C@H]5CC(O[C@@H]6O[C@H](CO)[C@](O)([C@@H]7O[C@@H](C)[C@H](O)[C@@H](O)[C@H]7O)[C@H](O)[C@H]6O)CC[C@]5(C)[C@H]4CC[C@]3(C)[C@H]2[C@@H]1C)CO[C@@H]1O[C@H](CO)[C@@H](O)[C@H](O)[C@H]1O. The summed E-state index contributed by atoms with van der Waals surface area (Å²) in [4.78, 5) is 0. The van der Waals surface area contributed by atoms with Crippen LogP contribution in [-0.2, 0) is 28.4 Å². The van der Waals surface area contributed by atoms with Gasteiger partial charge < -0.3 is 89.7 Å². The number of ether oxygens (including phenoxy) is 6. The Morgan fingerprint density at radius 2 is 1.40 bits per heavy atom. The molecule has 8 fully saturated rings. The van der Waals surface area contributed by atoms with Crippen LogP contribution in [0, 0.1) is 52.3 Å². The molecule has 0 aromatic heterocycles. The van der Waals surface area contributed by atoms with Crippen molar-refractivity contribution in [1.82, 2.24) is 0 Å². The highest BCUT2D eigenvalue weighted by Crippen LogP contribution is 2.71. The highest BCUT2D eigenvalue weighted by Gasteiger charge is 2.69. The summed E-state index contributed by atoms with van der Waals surface area (Å²) in [6.07, 6.45) is -13.2. The van der Waals surface area contributed by atoms with E-state index in [0.717, 1.165) is 44.9 Å². The van der Waals surface area contributed by atoms with Gasteiger partial charge in [0, 0.05) is 12.3 Å². The molecular formula is C45H76O18. The van der Waals surface area contributed by atoms with Crippen LogP contribution in [0.2, 0.25) is 0 Å². The molecule has 364 valence electrons. The van der Waals surface area contributed by atoms with Crippen molar-refractivity contribution < 1.29 is 89.7 Å². The Morgan fingerprint density at radius 3 is 2.10 bits per heavy atom. The number of aliphatic hydroxyl groups excluding tert-OH is 10. The summed E-state index contributed by atoms with van der Waals surface area (Å²) in [7, 11) is 0. The maximum Gasteiger partial charge on any atom is 0.186 e. The summed E-state index contributed by atoms with van der Waals surface area (Å²) < 4.78 is 35.9. The maximum absolute atomic E-state index is 12.0. The average Bonchev–Trinajstić information content (AvgIpc) is 3.70. The van der Waals surface area contributed by atoms with Crippen LogP contribution in [-0.4, -0.2) is 191 Å². The van der Waals surface area contributed by atoms with Gasteiger partial charge in [0.2, 0.25) is 0 Å². The van der Waals surface area contributed by atoms with Crippen molar-refractivity contribution in [3.8, 4) is 0 Å². The van der Waals surface area contributed by atoms with Gasteiger partial charge in [0.05, 0.1) is 38.1 Å². The van der Waals surface area contributed by atoms with E-state index >= 15 is 0 Å². The van der Waals surface area contributed by atoms with Gasteiger partial charge in [0.15, 0.2) is 24.0 Å². The van der Waals surface area contributed by atoms with Crippen LogP contribution >= 0.6 is 0 Å². The fourth-order valence-corrected chi connectivity index (χ4v) is 14.6. The van der Waals surface area contributed by atoms with Crippen LogP contribution in [0.25, 0.3) is 0 Å². The second-order valence-electron chi connectivity index (χ2n) is 21.7. The predicted octanol–water partition coefficient (Wildman–Crippen LogP) is -1.36. The number of hydrogen-bond donors (Lipinski definition) is 12. The molecule has 8 rings (SSSR count). The van der Waals surface area contributed by atoms with Crippen molar-refractivity contribution in [3.63, 3.8) is 0 Å². The Kier molecular flexibility index (Phi) is 13.9. The molecule has 4 saturated heterocycles. The molecule has 8 aliphatic rings. The normalized spacial score (nSPS) is 57.5. The number of fused-ring (bicyclic) bond motifs is 7. The van der Waals surface area contributed by atoms with Gasteiger partial charge in [-0.1, -0.05) is 27.7 Å². The van der Waals surface area contributed by atoms with Crippen molar-refractivity contribution in [2.75, 3.05) is 19.8 Å². The third kappa shape index (κ3) is 7.98. The van der Waals surface area contributed by atoms with Gasteiger partial charge in [-0.15, -0.1) is 0 Å². The van der Waals surface area contributed by atoms with Gasteiger partial charge in [-0.2, -0.15) is 0 Å². The molecule has 0 aromatic carbocycles. The van der Waals surface area contributed by atoms with Gasteiger partial charge in [0.1, 0.15) is 67.1 Å². The highest BCUT2D eigenvalue weighted by atomic mass is 16.7. The Balaban J connectivity index is 0.855. The summed E-state index contributed by atoms with van der Waals surface area (Å²) in [5, 5.41) is 128. The van der Waals surface area contributed by atoms with Crippen molar-refractivity contribution >= 4 is 0 Å². The molecule has 2 unspecified atom stereocenters. The summed E-state index contributed by atoms with van der Waals surface area (Å²) in [5.41, 5.74) is -2.48. The largest absolute Gasteiger partial charge is 0.394 e.